The van der Waals surface area contributed by atoms with Gasteiger partial charge in [-0.3, -0.25) is 4.79 Å². The van der Waals surface area contributed by atoms with E-state index in [-0.39, 0.29) is 13.0 Å². The third-order valence-corrected chi connectivity index (χ3v) is 2.93. The maximum atomic E-state index is 11.5. The van der Waals surface area contributed by atoms with Crippen LogP contribution in [0.25, 0.3) is 0 Å². The average Bonchev–Trinajstić information content (AvgIpc) is 2.35. The molecular weight excluding hydrogens is 361 g/mol. The van der Waals surface area contributed by atoms with Gasteiger partial charge in [-0.25, -0.2) is 4.79 Å². The summed E-state index contributed by atoms with van der Waals surface area (Å²) in [5.41, 5.74) is 0.727. The number of hydrogen-bond acceptors (Lipinski definition) is 3. The Morgan fingerprint density at radius 1 is 1.53 bits per heavy atom. The molecule has 0 unspecified atom stereocenters. The summed E-state index contributed by atoms with van der Waals surface area (Å²) in [5.74, 6) is -0.993. The summed E-state index contributed by atoms with van der Waals surface area (Å²) in [6.07, 6.45) is 0.575. The predicted octanol–water partition coefficient (Wildman–Crippen LogP) is 2.72. The van der Waals surface area contributed by atoms with E-state index in [2.05, 4.69) is 34.5 Å². The molecule has 1 amide bonds. The molecule has 1 aromatic rings. The van der Waals surface area contributed by atoms with Gasteiger partial charge >= 0.3 is 12.1 Å². The van der Waals surface area contributed by atoms with Crippen LogP contribution in [-0.4, -0.2) is 23.8 Å². The van der Waals surface area contributed by atoms with Crippen LogP contribution in [0.2, 0.25) is 0 Å². The first-order valence-electron chi connectivity index (χ1n) is 5.54. The number of nitrogens with one attached hydrogen (secondary N) is 1. The number of alkyl carbamates (subject to hydrolysis) is 1. The largest absolute Gasteiger partial charge is 0.481 e. The van der Waals surface area contributed by atoms with E-state index in [1.54, 1.807) is 6.07 Å². The Labute approximate surface area is 124 Å². The molecule has 0 bridgehead atoms. The molecule has 0 saturated carbocycles. The minimum atomic E-state index is -0.993. The van der Waals surface area contributed by atoms with E-state index >= 15 is 0 Å². The zero-order valence-corrected chi connectivity index (χ0v) is 12.3. The maximum absolute atomic E-state index is 11.5. The Kier molecular flexibility index (Phi) is 6.34. The molecule has 5 nitrogen and oxygen atoms in total. The van der Waals surface area contributed by atoms with Gasteiger partial charge in [-0.05, 0) is 40.3 Å². The molecule has 0 aliphatic heterocycles. The van der Waals surface area contributed by atoms with E-state index in [1.165, 1.54) is 6.08 Å². The van der Waals surface area contributed by atoms with Crippen LogP contribution < -0.4 is 5.32 Å². The quantitative estimate of drug-likeness (QED) is 0.592. The first kappa shape index (κ1) is 15.5. The molecule has 0 saturated heterocycles. The van der Waals surface area contributed by atoms with Crippen LogP contribution in [0, 0.1) is 3.57 Å². The first-order valence-corrected chi connectivity index (χ1v) is 6.62. The van der Waals surface area contributed by atoms with Gasteiger partial charge in [0.2, 0.25) is 0 Å². The van der Waals surface area contributed by atoms with Crippen molar-refractivity contribution in [2.24, 2.45) is 0 Å². The molecule has 0 spiro atoms. The molecule has 1 rings (SSSR count). The number of carboxylic acids is 1. The van der Waals surface area contributed by atoms with Crippen molar-refractivity contribution in [3.05, 3.63) is 46.1 Å². The van der Waals surface area contributed by atoms with Crippen molar-refractivity contribution >= 4 is 34.7 Å². The number of ether oxygens (including phenoxy) is 1. The number of benzene rings is 1. The summed E-state index contributed by atoms with van der Waals surface area (Å²) >= 11 is 2.12. The Balaban J connectivity index is 2.79. The molecule has 1 aromatic carbocycles. The number of carboxylic acid groups (broad SMARTS) is 1. The van der Waals surface area contributed by atoms with Gasteiger partial charge in [0.15, 0.2) is 0 Å². The van der Waals surface area contributed by atoms with Gasteiger partial charge in [0.1, 0.15) is 6.61 Å². The first-order chi connectivity index (χ1) is 9.02. The minimum absolute atomic E-state index is 0.0813. The molecule has 0 aliphatic carbocycles. The van der Waals surface area contributed by atoms with Crippen LogP contribution in [0.3, 0.4) is 0 Å². The van der Waals surface area contributed by atoms with Crippen molar-refractivity contribution in [3.8, 4) is 0 Å². The van der Waals surface area contributed by atoms with Gasteiger partial charge in [-0.2, -0.15) is 0 Å². The van der Waals surface area contributed by atoms with Gasteiger partial charge in [0.25, 0.3) is 0 Å². The fourth-order valence-corrected chi connectivity index (χ4v) is 2.04. The summed E-state index contributed by atoms with van der Waals surface area (Å²) in [7, 11) is 0. The van der Waals surface area contributed by atoms with Crippen molar-refractivity contribution in [3.63, 3.8) is 0 Å². The zero-order valence-electron chi connectivity index (χ0n) is 10.1. The highest BCUT2D eigenvalue weighted by atomic mass is 127. The molecule has 0 aromatic heterocycles. The minimum Gasteiger partial charge on any atom is -0.481 e. The van der Waals surface area contributed by atoms with Crippen LogP contribution in [0.5, 0.6) is 0 Å². The molecule has 1 atom stereocenters. The molecule has 0 radical (unpaired) electrons. The van der Waals surface area contributed by atoms with E-state index in [0.717, 1.165) is 9.13 Å². The molecule has 0 fully saturated rings. The standard InChI is InChI=1S/C13H14INO4/c1-2-6-19-13(18)15-11(8-12(16)17)9-4-3-5-10(14)7-9/h2-5,7,11H,1,6,8H2,(H,15,18)(H,16,17)/t11-/m0/s1. The lowest BCUT2D eigenvalue weighted by Gasteiger charge is -2.17. The number of hydrogen-bond donors (Lipinski definition) is 2. The van der Waals surface area contributed by atoms with Crippen molar-refractivity contribution in [2.75, 3.05) is 6.61 Å². The maximum Gasteiger partial charge on any atom is 0.407 e. The molecule has 102 valence electrons. The SMILES string of the molecule is C=CCOC(=O)N[C@@H](CC(=O)O)c1cccc(I)c1. The van der Waals surface area contributed by atoms with Gasteiger partial charge in [0.05, 0.1) is 12.5 Å². The lowest BCUT2D eigenvalue weighted by molar-refractivity contribution is -0.137. The summed E-state index contributed by atoms with van der Waals surface area (Å²) in [4.78, 5) is 22.3. The summed E-state index contributed by atoms with van der Waals surface area (Å²) in [5, 5.41) is 11.4. The number of aliphatic carboxylic acids is 1. The van der Waals surface area contributed by atoms with Gasteiger partial charge < -0.3 is 15.2 Å². The van der Waals surface area contributed by atoms with E-state index in [9.17, 15) is 9.59 Å². The van der Waals surface area contributed by atoms with E-state index < -0.39 is 18.1 Å². The second kappa shape index (κ2) is 7.78. The fourth-order valence-electron chi connectivity index (χ4n) is 1.47. The summed E-state index contributed by atoms with van der Waals surface area (Å²) in [6, 6.07) is 6.66. The molecule has 0 heterocycles. The van der Waals surface area contributed by atoms with Gasteiger partial charge in [-0.1, -0.05) is 24.8 Å². The van der Waals surface area contributed by atoms with Crippen LogP contribution in [0.4, 0.5) is 4.79 Å². The second-order valence-corrected chi connectivity index (χ2v) is 4.98. The Bertz CT molecular complexity index is 475. The van der Waals surface area contributed by atoms with Crippen molar-refractivity contribution in [1.29, 1.82) is 0 Å². The average molecular weight is 375 g/mol. The molecule has 0 aliphatic rings. The zero-order chi connectivity index (χ0) is 14.3. The predicted molar refractivity (Wildman–Crippen MR) is 78.8 cm³/mol. The van der Waals surface area contributed by atoms with E-state index in [4.69, 9.17) is 9.84 Å². The number of carbonyl (C=O) groups is 2. The van der Waals surface area contributed by atoms with Crippen LogP contribution >= 0.6 is 22.6 Å². The van der Waals surface area contributed by atoms with Crippen LogP contribution in [0.1, 0.15) is 18.0 Å². The van der Waals surface area contributed by atoms with Gasteiger partial charge in [-0.15, -0.1) is 0 Å². The highest BCUT2D eigenvalue weighted by Crippen LogP contribution is 2.19. The highest BCUT2D eigenvalue weighted by molar-refractivity contribution is 14.1. The lowest BCUT2D eigenvalue weighted by Crippen LogP contribution is -2.30. The van der Waals surface area contributed by atoms with Crippen LogP contribution in [0.15, 0.2) is 36.9 Å². The Hall–Kier alpha value is -1.57. The number of amides is 1. The lowest BCUT2D eigenvalue weighted by atomic mass is 10.0. The third-order valence-electron chi connectivity index (χ3n) is 2.25. The molecule has 6 heteroatoms. The topological polar surface area (TPSA) is 75.6 Å². The smallest absolute Gasteiger partial charge is 0.407 e. The molecular formula is C13H14INO4. The fraction of sp³-hybridized carbons (Fsp3) is 0.231. The third kappa shape index (κ3) is 5.73. The van der Waals surface area contributed by atoms with Crippen molar-refractivity contribution < 1.29 is 19.4 Å². The van der Waals surface area contributed by atoms with Crippen molar-refractivity contribution in [1.82, 2.24) is 5.32 Å². The number of halogens is 1. The number of carbonyl (C=O) groups excluding carboxylic acids is 1. The second-order valence-electron chi connectivity index (χ2n) is 3.74. The van der Waals surface area contributed by atoms with E-state index in [1.807, 2.05) is 18.2 Å². The summed E-state index contributed by atoms with van der Waals surface area (Å²) in [6.45, 7) is 3.51. The monoisotopic (exact) mass is 375 g/mol. The normalized spacial score (nSPS) is 11.4. The summed E-state index contributed by atoms with van der Waals surface area (Å²) < 4.78 is 5.76. The van der Waals surface area contributed by atoms with Crippen molar-refractivity contribution in [2.45, 2.75) is 12.5 Å². The van der Waals surface area contributed by atoms with Gasteiger partial charge in [0, 0.05) is 3.57 Å². The van der Waals surface area contributed by atoms with Crippen LogP contribution in [-0.2, 0) is 9.53 Å². The molecule has 2 N–H and O–H groups in total. The number of rotatable bonds is 6. The Morgan fingerprint density at radius 3 is 2.84 bits per heavy atom. The Morgan fingerprint density at radius 2 is 2.26 bits per heavy atom. The molecule has 19 heavy (non-hydrogen) atoms. The highest BCUT2D eigenvalue weighted by Gasteiger charge is 2.18. The van der Waals surface area contributed by atoms with E-state index in [0.29, 0.717) is 0 Å².